The summed E-state index contributed by atoms with van der Waals surface area (Å²) < 4.78 is 4.62. The molecule has 1 aliphatic rings. The van der Waals surface area contributed by atoms with Gasteiger partial charge in [0.25, 0.3) is 0 Å². The van der Waals surface area contributed by atoms with Gasteiger partial charge in [0.05, 0.1) is 7.11 Å². The zero-order chi connectivity index (χ0) is 15.8. The minimum absolute atomic E-state index is 0.219. The number of aliphatic imine (C=N–C) groups is 1. The van der Waals surface area contributed by atoms with E-state index in [-0.39, 0.29) is 5.96 Å². The first kappa shape index (κ1) is 17.0. The molecule has 0 spiro atoms. The van der Waals surface area contributed by atoms with Crippen LogP contribution in [0, 0.1) is 0 Å². The highest BCUT2D eigenvalue weighted by molar-refractivity contribution is 5.99. The highest BCUT2D eigenvalue weighted by atomic mass is 16.5. The molecule has 7 heteroatoms. The Labute approximate surface area is 125 Å². The lowest BCUT2D eigenvalue weighted by Crippen LogP contribution is -2.43. The number of hydrogen-bond donors (Lipinski definition) is 1. The minimum atomic E-state index is -0.578. The molecule has 0 aliphatic heterocycles. The number of amides is 3. The molecule has 1 aliphatic carbocycles. The molecule has 0 radical (unpaired) electrons. The summed E-state index contributed by atoms with van der Waals surface area (Å²) in [7, 11) is 6.19. The van der Waals surface area contributed by atoms with Crippen molar-refractivity contribution < 1.29 is 14.3 Å². The highest BCUT2D eigenvalue weighted by Gasteiger charge is 2.18. The van der Waals surface area contributed by atoms with Crippen molar-refractivity contribution >= 4 is 18.1 Å². The second kappa shape index (κ2) is 8.28. The van der Waals surface area contributed by atoms with E-state index in [1.54, 1.807) is 19.0 Å². The first-order chi connectivity index (χ1) is 9.95. The molecule has 1 rings (SSSR count). The number of nitrogens with zero attached hydrogens (tertiary/aromatic N) is 3. The van der Waals surface area contributed by atoms with Crippen LogP contribution in [0.15, 0.2) is 16.6 Å². The Morgan fingerprint density at radius 3 is 2.57 bits per heavy atom. The van der Waals surface area contributed by atoms with Gasteiger partial charge in [0.2, 0.25) is 5.96 Å². The summed E-state index contributed by atoms with van der Waals surface area (Å²) in [6.45, 7) is 0.505. The maximum atomic E-state index is 11.9. The summed E-state index contributed by atoms with van der Waals surface area (Å²) in [4.78, 5) is 30.1. The maximum Gasteiger partial charge on any atom is 0.416 e. The normalized spacial score (nSPS) is 15.0. The molecule has 0 fully saturated rings. The number of hydrogen-bond acceptors (Lipinski definition) is 3. The number of rotatable bonds is 2. The van der Waals surface area contributed by atoms with Gasteiger partial charge in [-0.2, -0.15) is 4.99 Å². The van der Waals surface area contributed by atoms with Crippen LogP contribution in [0.5, 0.6) is 0 Å². The van der Waals surface area contributed by atoms with Gasteiger partial charge in [-0.15, -0.1) is 0 Å². The SMILES string of the molecule is COC(=O)N(C)/C(=N/C(=O)NCC1=CCCCC1)N(C)C. The van der Waals surface area contributed by atoms with Gasteiger partial charge in [-0.1, -0.05) is 11.6 Å². The van der Waals surface area contributed by atoms with E-state index >= 15 is 0 Å². The lowest BCUT2D eigenvalue weighted by Gasteiger charge is -2.23. The van der Waals surface area contributed by atoms with Crippen molar-refractivity contribution in [3.05, 3.63) is 11.6 Å². The van der Waals surface area contributed by atoms with Crippen molar-refractivity contribution in [2.24, 2.45) is 4.99 Å². The predicted octanol–water partition coefficient (Wildman–Crippen LogP) is 1.81. The largest absolute Gasteiger partial charge is 0.452 e. The first-order valence-electron chi connectivity index (χ1n) is 6.99. The summed E-state index contributed by atoms with van der Waals surface area (Å²) in [5.74, 6) is 0.219. The summed E-state index contributed by atoms with van der Waals surface area (Å²) in [6, 6.07) is -0.471. The molecule has 0 aromatic heterocycles. The lowest BCUT2D eigenvalue weighted by molar-refractivity contribution is 0.149. The minimum Gasteiger partial charge on any atom is -0.452 e. The third kappa shape index (κ3) is 5.45. The van der Waals surface area contributed by atoms with Gasteiger partial charge in [0, 0.05) is 27.7 Å². The fraction of sp³-hybridized carbons (Fsp3) is 0.643. The Bertz CT molecular complexity index is 444. The molecule has 0 heterocycles. The van der Waals surface area contributed by atoms with Crippen LogP contribution in [-0.2, 0) is 4.74 Å². The number of carbonyl (C=O) groups excluding carboxylic acids is 2. The number of ether oxygens (including phenoxy) is 1. The van der Waals surface area contributed by atoms with Gasteiger partial charge >= 0.3 is 12.1 Å². The number of methoxy groups -OCH3 is 1. The molecule has 0 aromatic rings. The summed E-state index contributed by atoms with van der Waals surface area (Å²) in [6.07, 6.45) is 6.06. The quantitative estimate of drug-likeness (QED) is 0.479. The Morgan fingerprint density at radius 2 is 2.05 bits per heavy atom. The average Bonchev–Trinajstić information content (AvgIpc) is 2.49. The fourth-order valence-electron chi connectivity index (χ4n) is 2.08. The van der Waals surface area contributed by atoms with Crippen molar-refractivity contribution in [2.75, 3.05) is 34.8 Å². The van der Waals surface area contributed by atoms with Gasteiger partial charge in [-0.3, -0.25) is 4.90 Å². The summed E-state index contributed by atoms with van der Waals surface area (Å²) in [5, 5.41) is 2.75. The molecule has 0 bridgehead atoms. The van der Waals surface area contributed by atoms with Gasteiger partial charge in [0.1, 0.15) is 0 Å². The smallest absolute Gasteiger partial charge is 0.416 e. The van der Waals surface area contributed by atoms with Crippen molar-refractivity contribution in [3.63, 3.8) is 0 Å². The monoisotopic (exact) mass is 296 g/mol. The van der Waals surface area contributed by atoms with Crippen LogP contribution >= 0.6 is 0 Å². The van der Waals surface area contributed by atoms with E-state index in [0.29, 0.717) is 6.54 Å². The van der Waals surface area contributed by atoms with E-state index in [1.807, 2.05) is 0 Å². The van der Waals surface area contributed by atoms with Crippen LogP contribution in [0.2, 0.25) is 0 Å². The third-order valence-corrected chi connectivity index (χ3v) is 3.20. The maximum absolute atomic E-state index is 11.9. The van der Waals surface area contributed by atoms with E-state index in [9.17, 15) is 9.59 Å². The summed E-state index contributed by atoms with van der Waals surface area (Å²) in [5.41, 5.74) is 1.23. The Morgan fingerprint density at radius 1 is 1.33 bits per heavy atom. The molecule has 0 saturated carbocycles. The number of nitrogens with one attached hydrogen (secondary N) is 1. The highest BCUT2D eigenvalue weighted by Crippen LogP contribution is 2.16. The molecule has 118 valence electrons. The fourth-order valence-corrected chi connectivity index (χ4v) is 2.08. The molecule has 21 heavy (non-hydrogen) atoms. The van der Waals surface area contributed by atoms with Gasteiger partial charge in [0.15, 0.2) is 0 Å². The molecule has 7 nitrogen and oxygen atoms in total. The van der Waals surface area contributed by atoms with Crippen LogP contribution in [0.25, 0.3) is 0 Å². The Balaban J connectivity index is 2.64. The van der Waals surface area contributed by atoms with E-state index in [4.69, 9.17) is 0 Å². The van der Waals surface area contributed by atoms with E-state index in [0.717, 1.165) is 12.8 Å². The van der Waals surface area contributed by atoms with Crippen molar-refractivity contribution in [2.45, 2.75) is 25.7 Å². The molecule has 0 aromatic carbocycles. The second-order valence-electron chi connectivity index (χ2n) is 5.10. The van der Waals surface area contributed by atoms with Crippen LogP contribution in [-0.4, -0.2) is 62.7 Å². The Hall–Kier alpha value is -2.05. The predicted molar refractivity (Wildman–Crippen MR) is 81.2 cm³/mol. The Kier molecular flexibility index (Phi) is 6.71. The lowest BCUT2D eigenvalue weighted by atomic mass is 10.00. The van der Waals surface area contributed by atoms with Crippen LogP contribution in [0.4, 0.5) is 9.59 Å². The van der Waals surface area contributed by atoms with Crippen LogP contribution in [0.3, 0.4) is 0 Å². The number of allylic oxidation sites excluding steroid dienone is 1. The molecule has 0 saturated heterocycles. The zero-order valence-corrected chi connectivity index (χ0v) is 13.2. The van der Waals surface area contributed by atoms with E-state index in [2.05, 4.69) is 21.1 Å². The number of carbonyl (C=O) groups is 2. The molecule has 3 amide bonds. The first-order valence-corrected chi connectivity index (χ1v) is 6.99. The zero-order valence-electron chi connectivity index (χ0n) is 13.2. The van der Waals surface area contributed by atoms with Crippen molar-refractivity contribution in [3.8, 4) is 0 Å². The van der Waals surface area contributed by atoms with Crippen molar-refractivity contribution in [1.82, 2.24) is 15.1 Å². The molecular formula is C14H24N4O3. The number of urea groups is 1. The average molecular weight is 296 g/mol. The summed E-state index contributed by atoms with van der Waals surface area (Å²) >= 11 is 0. The molecule has 1 N–H and O–H groups in total. The second-order valence-corrected chi connectivity index (χ2v) is 5.10. The van der Waals surface area contributed by atoms with E-state index in [1.165, 1.54) is 37.5 Å². The van der Waals surface area contributed by atoms with Crippen LogP contribution in [0.1, 0.15) is 25.7 Å². The van der Waals surface area contributed by atoms with Crippen LogP contribution < -0.4 is 5.32 Å². The van der Waals surface area contributed by atoms with Crippen molar-refractivity contribution in [1.29, 1.82) is 0 Å². The molecular weight excluding hydrogens is 272 g/mol. The van der Waals surface area contributed by atoms with Gasteiger partial charge in [-0.05, 0) is 25.7 Å². The van der Waals surface area contributed by atoms with Gasteiger partial charge < -0.3 is 15.0 Å². The standard InChI is InChI=1S/C14H24N4O3/c1-17(2)13(18(3)14(20)21-4)16-12(19)15-10-11-8-6-5-7-9-11/h8H,5-7,9-10H2,1-4H3,(H,15,19)/b16-13+. The molecule has 0 unspecified atom stereocenters. The van der Waals surface area contributed by atoms with Gasteiger partial charge in [-0.25, -0.2) is 9.59 Å². The third-order valence-electron chi connectivity index (χ3n) is 3.20. The topological polar surface area (TPSA) is 74.2 Å². The molecule has 0 atom stereocenters. The van der Waals surface area contributed by atoms with E-state index < -0.39 is 12.1 Å². The number of guanidine groups is 1.